The molecular weight excluding hydrogens is 544 g/mol. The summed E-state index contributed by atoms with van der Waals surface area (Å²) in [7, 11) is 0. The Morgan fingerprint density at radius 2 is 0.632 bits per heavy atom. The van der Waals surface area contributed by atoms with Crippen LogP contribution in [-0.4, -0.2) is 0 Å². The predicted molar refractivity (Wildman–Crippen MR) is 155 cm³/mol. The van der Waals surface area contributed by atoms with Crippen LogP contribution in [0.25, 0.3) is 11.1 Å². The van der Waals surface area contributed by atoms with E-state index in [1.54, 1.807) is 0 Å². The van der Waals surface area contributed by atoms with Crippen molar-refractivity contribution in [2.24, 2.45) is 0 Å². The molecule has 0 aliphatic carbocycles. The minimum absolute atomic E-state index is 0. The van der Waals surface area contributed by atoms with E-state index in [2.05, 4.69) is 172 Å². The quantitative estimate of drug-likeness (QED) is 0.141. The zero-order valence-electron chi connectivity index (χ0n) is 21.9. The molecule has 0 radical (unpaired) electrons. The summed E-state index contributed by atoms with van der Waals surface area (Å²) < 4.78 is 0. The van der Waals surface area contributed by atoms with Crippen molar-refractivity contribution < 1.29 is 34.1 Å². The molecule has 0 fully saturated rings. The second-order valence-corrected chi connectivity index (χ2v) is 9.05. The first kappa shape index (κ1) is 31.1. The topological polar surface area (TPSA) is 0 Å². The van der Waals surface area contributed by atoms with Crippen LogP contribution in [0.5, 0.6) is 0 Å². The summed E-state index contributed by atoms with van der Waals surface area (Å²) in [5, 5.41) is 0. The van der Waals surface area contributed by atoms with Gasteiger partial charge in [0, 0.05) is 0 Å². The van der Waals surface area contributed by atoms with Gasteiger partial charge in [-0.3, -0.25) is 0 Å². The molecule has 2 atom stereocenters. The molecule has 2 heteroatoms. The van der Waals surface area contributed by atoms with Gasteiger partial charge in [0.1, 0.15) is 0 Å². The maximum absolute atomic E-state index is 2.24. The second-order valence-electron chi connectivity index (χ2n) is 9.05. The summed E-state index contributed by atoms with van der Waals surface area (Å²) in [5.41, 5.74) is 8.18. The summed E-state index contributed by atoms with van der Waals surface area (Å²) in [5.74, 6) is 1.02. The molecule has 38 heavy (non-hydrogen) atoms. The van der Waals surface area contributed by atoms with E-state index in [9.17, 15) is 0 Å². The Balaban J connectivity index is 0.000000197. The number of rotatable bonds is 5. The third kappa shape index (κ3) is 9.02. The molecule has 0 bridgehead atoms. The molecule has 0 aromatic heterocycles. The fourth-order valence-electron chi connectivity index (χ4n) is 4.36. The fraction of sp³-hybridized carbons (Fsp3) is 0.111. The van der Waals surface area contributed by atoms with Crippen LogP contribution in [0.4, 0.5) is 0 Å². The van der Waals surface area contributed by atoms with Crippen molar-refractivity contribution in [1.82, 2.24) is 0 Å². The molecule has 0 saturated heterocycles. The van der Waals surface area contributed by atoms with Gasteiger partial charge >= 0.3 is 34.1 Å². The fourth-order valence-corrected chi connectivity index (χ4v) is 4.36. The monoisotopic (exact) mass is 578 g/mol. The van der Waals surface area contributed by atoms with Crippen LogP contribution >= 0.6 is 0 Å². The van der Waals surface area contributed by atoms with Gasteiger partial charge in [-0.2, -0.15) is 95.1 Å². The Kier molecular flexibility index (Phi) is 13.6. The summed E-state index contributed by atoms with van der Waals surface area (Å²) in [6, 6.07) is 55.0. The first-order valence-corrected chi connectivity index (χ1v) is 12.7. The standard InChI is InChI=1S/2C13H13.C10H8.2Fe/c2*1-11(13-9-5-6-10-13)12-7-3-2-4-8-12;1-2-6-9(5-1)10-7-3-4-8-10;;/h2*2-11H,1H3;1-8H;;/q2*-1;-2;2*+2. The van der Waals surface area contributed by atoms with Gasteiger partial charge in [-0.1, -0.05) is 85.6 Å². The van der Waals surface area contributed by atoms with Crippen LogP contribution in [0, 0.1) is 0 Å². The number of hydrogen-bond donors (Lipinski definition) is 0. The Hall–Kier alpha value is -3.12. The predicted octanol–water partition coefficient (Wildman–Crippen LogP) is 9.90. The van der Waals surface area contributed by atoms with Gasteiger partial charge in [0.2, 0.25) is 0 Å². The van der Waals surface area contributed by atoms with Crippen molar-refractivity contribution in [1.29, 1.82) is 0 Å². The third-order valence-electron chi connectivity index (χ3n) is 6.63. The minimum atomic E-state index is 0. The van der Waals surface area contributed by atoms with Gasteiger partial charge in [0.05, 0.1) is 0 Å². The van der Waals surface area contributed by atoms with Gasteiger partial charge in [-0.05, 0) is 11.8 Å². The van der Waals surface area contributed by atoms with Crippen molar-refractivity contribution >= 4 is 0 Å². The smallest absolute Gasteiger partial charge is 0.213 e. The Morgan fingerprint density at radius 1 is 0.368 bits per heavy atom. The molecule has 6 rings (SSSR count). The van der Waals surface area contributed by atoms with E-state index in [1.165, 1.54) is 33.4 Å². The molecule has 0 aliphatic rings. The van der Waals surface area contributed by atoms with Gasteiger partial charge in [0.25, 0.3) is 0 Å². The average Bonchev–Trinajstić information content (AvgIpc) is 3.76. The van der Waals surface area contributed by atoms with Gasteiger partial charge in [-0.25, -0.2) is 24.3 Å². The van der Waals surface area contributed by atoms with E-state index in [0.717, 1.165) is 0 Å². The molecule has 0 amide bonds. The van der Waals surface area contributed by atoms with Crippen molar-refractivity contribution in [2.45, 2.75) is 25.7 Å². The summed E-state index contributed by atoms with van der Waals surface area (Å²) in [6.45, 7) is 4.48. The summed E-state index contributed by atoms with van der Waals surface area (Å²) in [4.78, 5) is 0. The Morgan fingerprint density at radius 3 is 0.921 bits per heavy atom. The van der Waals surface area contributed by atoms with Crippen LogP contribution in [0.15, 0.2) is 158 Å². The molecular formula is C36H34Fe2. The molecule has 0 saturated carbocycles. The second kappa shape index (κ2) is 16.7. The minimum Gasteiger partial charge on any atom is -0.213 e. The summed E-state index contributed by atoms with van der Waals surface area (Å²) >= 11 is 0. The van der Waals surface area contributed by atoms with Crippen molar-refractivity contribution in [3.63, 3.8) is 0 Å². The molecule has 2 unspecified atom stereocenters. The van der Waals surface area contributed by atoms with E-state index in [4.69, 9.17) is 0 Å². The SMILES string of the molecule is CC(c1ccccc1)[c-]1cccc1.CC(c1ccccc1)[c-]1cccc1.[Fe+2].[Fe+2].c1cc[c-](-[c-]2cccc2)c1. The van der Waals surface area contributed by atoms with Gasteiger partial charge in [-0.15, -0.1) is 0 Å². The molecule has 6 aromatic carbocycles. The normalized spacial score (nSPS) is 11.3. The molecule has 0 spiro atoms. The largest absolute Gasteiger partial charge is 2.00 e. The summed E-state index contributed by atoms with van der Waals surface area (Å²) in [6.07, 6.45) is 0. The first-order chi connectivity index (χ1) is 17.7. The maximum atomic E-state index is 2.24. The van der Waals surface area contributed by atoms with Crippen molar-refractivity contribution in [3.05, 3.63) is 180 Å². The van der Waals surface area contributed by atoms with Crippen LogP contribution in [0.1, 0.15) is 47.9 Å². The Labute approximate surface area is 249 Å². The molecule has 0 nitrogen and oxygen atoms in total. The van der Waals surface area contributed by atoms with Gasteiger partial charge < -0.3 is 0 Å². The molecule has 0 aliphatic heterocycles. The van der Waals surface area contributed by atoms with E-state index < -0.39 is 0 Å². The maximum Gasteiger partial charge on any atom is 2.00 e. The van der Waals surface area contributed by atoms with Gasteiger partial charge in [0.15, 0.2) is 0 Å². The van der Waals surface area contributed by atoms with Crippen molar-refractivity contribution in [3.8, 4) is 11.1 Å². The van der Waals surface area contributed by atoms with E-state index >= 15 is 0 Å². The zero-order valence-corrected chi connectivity index (χ0v) is 24.1. The average molecular weight is 578 g/mol. The number of benzene rings is 2. The zero-order chi connectivity index (χ0) is 25.0. The third-order valence-corrected chi connectivity index (χ3v) is 6.63. The van der Waals surface area contributed by atoms with Crippen LogP contribution in [-0.2, 0) is 34.1 Å². The Bertz CT molecular complexity index is 1200. The number of hydrogen-bond acceptors (Lipinski definition) is 0. The van der Waals surface area contributed by atoms with E-state index in [1.807, 2.05) is 0 Å². The molecule has 0 heterocycles. The van der Waals surface area contributed by atoms with E-state index in [0.29, 0.717) is 11.8 Å². The first-order valence-electron chi connectivity index (χ1n) is 12.7. The van der Waals surface area contributed by atoms with Crippen LogP contribution in [0.2, 0.25) is 0 Å². The molecule has 0 N–H and O–H groups in total. The van der Waals surface area contributed by atoms with E-state index in [-0.39, 0.29) is 34.1 Å². The van der Waals surface area contributed by atoms with Crippen molar-refractivity contribution in [2.75, 3.05) is 0 Å². The molecule has 6 aromatic rings. The molecule has 194 valence electrons. The van der Waals surface area contributed by atoms with Crippen LogP contribution in [0.3, 0.4) is 0 Å². The van der Waals surface area contributed by atoms with Crippen LogP contribution < -0.4 is 0 Å².